The molecule has 2 atom stereocenters. The Hall–Kier alpha value is -1.57. The molecule has 0 spiro atoms. The topological polar surface area (TPSA) is 26.3 Å². The first-order chi connectivity index (χ1) is 7.72. The highest BCUT2D eigenvalue weighted by Gasteiger charge is 2.36. The molecule has 0 amide bonds. The SMILES string of the molecule is COC(=O)/C(C)=C/[C@H]1C[C@@H]1c1ccccc1. The van der Waals surface area contributed by atoms with Crippen molar-refractivity contribution in [2.24, 2.45) is 5.92 Å². The van der Waals surface area contributed by atoms with E-state index in [1.807, 2.05) is 19.1 Å². The molecule has 1 aliphatic carbocycles. The summed E-state index contributed by atoms with van der Waals surface area (Å²) < 4.78 is 4.67. The van der Waals surface area contributed by atoms with Gasteiger partial charge >= 0.3 is 5.97 Å². The van der Waals surface area contributed by atoms with Crippen molar-refractivity contribution in [2.75, 3.05) is 7.11 Å². The fraction of sp³-hybridized carbons (Fsp3) is 0.357. The number of hydrogen-bond donors (Lipinski definition) is 0. The van der Waals surface area contributed by atoms with Crippen molar-refractivity contribution >= 4 is 5.97 Å². The van der Waals surface area contributed by atoms with Crippen LogP contribution in [0.25, 0.3) is 0 Å². The summed E-state index contributed by atoms with van der Waals surface area (Å²) in [6, 6.07) is 10.4. The van der Waals surface area contributed by atoms with Gasteiger partial charge in [-0.25, -0.2) is 4.79 Å². The first-order valence-electron chi connectivity index (χ1n) is 5.54. The van der Waals surface area contributed by atoms with Crippen molar-refractivity contribution < 1.29 is 9.53 Å². The van der Waals surface area contributed by atoms with Gasteiger partial charge in [-0.05, 0) is 30.7 Å². The van der Waals surface area contributed by atoms with Gasteiger partial charge in [-0.15, -0.1) is 0 Å². The molecule has 2 nitrogen and oxygen atoms in total. The van der Waals surface area contributed by atoms with Gasteiger partial charge in [0.25, 0.3) is 0 Å². The second-order valence-electron chi connectivity index (χ2n) is 4.26. The van der Waals surface area contributed by atoms with Crippen molar-refractivity contribution in [3.63, 3.8) is 0 Å². The molecule has 1 fully saturated rings. The van der Waals surface area contributed by atoms with Gasteiger partial charge in [0.1, 0.15) is 0 Å². The highest BCUT2D eigenvalue weighted by atomic mass is 16.5. The van der Waals surface area contributed by atoms with E-state index in [0.717, 1.165) is 6.42 Å². The Morgan fingerprint density at radius 3 is 2.69 bits per heavy atom. The van der Waals surface area contributed by atoms with Crippen LogP contribution in [0.5, 0.6) is 0 Å². The lowest BCUT2D eigenvalue weighted by Gasteiger charge is -1.99. The third-order valence-corrected chi connectivity index (χ3v) is 3.04. The molecule has 0 heterocycles. The largest absolute Gasteiger partial charge is 0.466 e. The van der Waals surface area contributed by atoms with E-state index in [2.05, 4.69) is 29.0 Å². The zero-order valence-electron chi connectivity index (χ0n) is 9.64. The summed E-state index contributed by atoms with van der Waals surface area (Å²) in [4.78, 5) is 11.2. The Bertz CT molecular complexity index is 406. The van der Waals surface area contributed by atoms with E-state index in [1.165, 1.54) is 12.7 Å². The molecule has 2 rings (SSSR count). The third kappa shape index (κ3) is 2.32. The molecule has 0 radical (unpaired) electrons. The minimum absolute atomic E-state index is 0.223. The third-order valence-electron chi connectivity index (χ3n) is 3.04. The standard InChI is InChI=1S/C14H16O2/c1-10(14(15)16-2)8-12-9-13(12)11-6-4-3-5-7-11/h3-8,12-13H,9H2,1-2H3/b10-8+/t12-,13+/m0/s1. The Balaban J connectivity index is 2.00. The molecule has 2 heteroatoms. The lowest BCUT2D eigenvalue weighted by atomic mass is 10.1. The van der Waals surface area contributed by atoms with Gasteiger partial charge in [-0.3, -0.25) is 0 Å². The first-order valence-corrected chi connectivity index (χ1v) is 5.54. The summed E-state index contributed by atoms with van der Waals surface area (Å²) in [7, 11) is 1.42. The molecule has 0 N–H and O–H groups in total. The summed E-state index contributed by atoms with van der Waals surface area (Å²) >= 11 is 0. The van der Waals surface area contributed by atoms with Gasteiger partial charge in [0.2, 0.25) is 0 Å². The molecule has 16 heavy (non-hydrogen) atoms. The number of rotatable bonds is 3. The molecule has 84 valence electrons. The number of ether oxygens (including phenoxy) is 1. The van der Waals surface area contributed by atoms with Crippen molar-refractivity contribution in [3.05, 3.63) is 47.5 Å². The maximum Gasteiger partial charge on any atom is 0.333 e. The first kappa shape index (κ1) is 10.9. The maximum atomic E-state index is 11.2. The molecule has 0 aliphatic heterocycles. The van der Waals surface area contributed by atoms with Gasteiger partial charge in [0.15, 0.2) is 0 Å². The van der Waals surface area contributed by atoms with Crippen molar-refractivity contribution in [3.8, 4) is 0 Å². The minimum atomic E-state index is -0.223. The van der Waals surface area contributed by atoms with Crippen LogP contribution in [0.4, 0.5) is 0 Å². The summed E-state index contributed by atoms with van der Waals surface area (Å²) in [5.41, 5.74) is 2.08. The molecule has 0 aromatic heterocycles. The number of carbonyl (C=O) groups excluding carboxylic acids is 1. The van der Waals surface area contributed by atoms with Crippen LogP contribution >= 0.6 is 0 Å². The van der Waals surface area contributed by atoms with Gasteiger partial charge in [-0.2, -0.15) is 0 Å². The van der Waals surface area contributed by atoms with Gasteiger partial charge in [-0.1, -0.05) is 36.4 Å². The fourth-order valence-electron chi connectivity index (χ4n) is 2.03. The number of methoxy groups -OCH3 is 1. The normalized spacial score (nSPS) is 24.0. The van der Waals surface area contributed by atoms with Gasteiger partial charge < -0.3 is 4.74 Å². The summed E-state index contributed by atoms with van der Waals surface area (Å²) in [5.74, 6) is 0.862. The number of benzene rings is 1. The van der Waals surface area contributed by atoms with Gasteiger partial charge in [0.05, 0.1) is 7.11 Å². The van der Waals surface area contributed by atoms with Crippen LogP contribution in [-0.2, 0) is 9.53 Å². The van der Waals surface area contributed by atoms with E-state index in [-0.39, 0.29) is 5.97 Å². The highest BCUT2D eigenvalue weighted by molar-refractivity contribution is 5.87. The van der Waals surface area contributed by atoms with E-state index in [4.69, 9.17) is 0 Å². The molecule has 0 saturated heterocycles. The Kier molecular flexibility index (Phi) is 3.09. The second kappa shape index (κ2) is 4.52. The summed E-state index contributed by atoms with van der Waals surface area (Å²) in [5, 5.41) is 0. The summed E-state index contributed by atoms with van der Waals surface area (Å²) in [6.45, 7) is 1.81. The predicted molar refractivity (Wildman–Crippen MR) is 63.1 cm³/mol. The van der Waals surface area contributed by atoms with E-state index in [1.54, 1.807) is 0 Å². The predicted octanol–water partition coefficient (Wildman–Crippen LogP) is 2.91. The zero-order chi connectivity index (χ0) is 11.5. The average Bonchev–Trinajstić information content (AvgIpc) is 3.08. The van der Waals surface area contributed by atoms with Crippen molar-refractivity contribution in [2.45, 2.75) is 19.3 Å². The van der Waals surface area contributed by atoms with E-state index in [0.29, 0.717) is 17.4 Å². The van der Waals surface area contributed by atoms with E-state index < -0.39 is 0 Å². The van der Waals surface area contributed by atoms with Crippen LogP contribution in [0.15, 0.2) is 42.0 Å². The molecule has 1 aromatic rings. The van der Waals surface area contributed by atoms with Crippen molar-refractivity contribution in [1.82, 2.24) is 0 Å². The Labute approximate surface area is 95.9 Å². The van der Waals surface area contributed by atoms with Crippen LogP contribution in [0.2, 0.25) is 0 Å². The molecular weight excluding hydrogens is 200 g/mol. The maximum absolute atomic E-state index is 11.2. The van der Waals surface area contributed by atoms with Crippen LogP contribution in [-0.4, -0.2) is 13.1 Å². The monoisotopic (exact) mass is 216 g/mol. The lowest BCUT2D eigenvalue weighted by molar-refractivity contribution is -0.136. The summed E-state index contributed by atoms with van der Waals surface area (Å²) in [6.07, 6.45) is 3.17. The Morgan fingerprint density at radius 2 is 2.06 bits per heavy atom. The van der Waals surface area contributed by atoms with Crippen LogP contribution in [0, 0.1) is 5.92 Å². The molecule has 1 saturated carbocycles. The average molecular weight is 216 g/mol. The number of carbonyl (C=O) groups is 1. The number of esters is 1. The minimum Gasteiger partial charge on any atom is -0.466 e. The van der Waals surface area contributed by atoms with Crippen LogP contribution in [0.3, 0.4) is 0 Å². The number of hydrogen-bond acceptors (Lipinski definition) is 2. The van der Waals surface area contributed by atoms with Crippen molar-refractivity contribution in [1.29, 1.82) is 0 Å². The van der Waals surface area contributed by atoms with E-state index >= 15 is 0 Å². The molecule has 1 aliphatic rings. The fourth-order valence-corrected chi connectivity index (χ4v) is 2.03. The quantitative estimate of drug-likeness (QED) is 0.573. The van der Waals surface area contributed by atoms with E-state index in [9.17, 15) is 4.79 Å². The highest BCUT2D eigenvalue weighted by Crippen LogP contribution is 2.48. The van der Waals surface area contributed by atoms with Crippen LogP contribution in [0.1, 0.15) is 24.8 Å². The molecule has 0 unspecified atom stereocenters. The lowest BCUT2D eigenvalue weighted by Crippen LogP contribution is -2.01. The number of allylic oxidation sites excluding steroid dienone is 1. The molecule has 1 aromatic carbocycles. The van der Waals surface area contributed by atoms with Crippen LogP contribution < -0.4 is 0 Å². The molecule has 0 bridgehead atoms. The van der Waals surface area contributed by atoms with Gasteiger partial charge in [0, 0.05) is 5.57 Å². The Morgan fingerprint density at radius 1 is 1.38 bits per heavy atom. The molecular formula is C14H16O2. The zero-order valence-corrected chi connectivity index (χ0v) is 9.64. The second-order valence-corrected chi connectivity index (χ2v) is 4.26. The smallest absolute Gasteiger partial charge is 0.333 e.